The molecule has 0 fully saturated rings. The normalized spacial score (nSPS) is 15.7. The summed E-state index contributed by atoms with van der Waals surface area (Å²) in [7, 11) is 0. The van der Waals surface area contributed by atoms with Crippen molar-refractivity contribution in [2.45, 2.75) is 90.2 Å². The fraction of sp³-hybridized carbons (Fsp3) is 0.696. The lowest BCUT2D eigenvalue weighted by atomic mass is 10.0. The van der Waals surface area contributed by atoms with Gasteiger partial charge in [0.15, 0.2) is 0 Å². The minimum atomic E-state index is -1.73. The summed E-state index contributed by atoms with van der Waals surface area (Å²) in [5, 5.41) is 37.3. The van der Waals surface area contributed by atoms with E-state index in [-0.39, 0.29) is 12.3 Å². The zero-order valence-electron chi connectivity index (χ0n) is 22.6. The van der Waals surface area contributed by atoms with Gasteiger partial charge in [0.05, 0.1) is 18.6 Å². The summed E-state index contributed by atoms with van der Waals surface area (Å²) in [4.78, 5) is 84.9. The summed E-state index contributed by atoms with van der Waals surface area (Å²) in [6.45, 7) is 7.48. The van der Waals surface area contributed by atoms with Crippen molar-refractivity contribution in [3.63, 3.8) is 0 Å². The number of primary amides is 1. The van der Waals surface area contributed by atoms with Gasteiger partial charge in [0, 0.05) is 6.42 Å². The number of nitrogens with two attached hydrogens (primary N) is 2. The number of aliphatic hydroxyl groups excluding tert-OH is 1. The largest absolute Gasteiger partial charge is 0.481 e. The number of amides is 5. The molecular weight excluding hydrogens is 520 g/mol. The van der Waals surface area contributed by atoms with Crippen LogP contribution in [-0.2, 0) is 33.6 Å². The zero-order chi connectivity index (χ0) is 30.6. The SMILES string of the molecule is CC(C)[C@H](N)C(=O)N[C@@H](CCC(=O)O)C(=O)N[C@H](C(=O)N[C@@H](CC(N)=O)C(=O)N[C@H](C(=O)O)C(C)C)[C@@H](C)O. The summed E-state index contributed by atoms with van der Waals surface area (Å²) >= 11 is 0. The lowest BCUT2D eigenvalue weighted by molar-refractivity contribution is -0.144. The fourth-order valence-corrected chi connectivity index (χ4v) is 3.21. The number of nitrogens with one attached hydrogen (secondary N) is 4. The lowest BCUT2D eigenvalue weighted by Crippen LogP contribution is -2.61. The molecule has 16 nitrogen and oxygen atoms in total. The molecule has 0 saturated heterocycles. The predicted molar refractivity (Wildman–Crippen MR) is 135 cm³/mol. The van der Waals surface area contributed by atoms with Crippen molar-refractivity contribution in [1.82, 2.24) is 21.3 Å². The average Bonchev–Trinajstić information content (AvgIpc) is 2.80. The molecule has 5 amide bonds. The first-order valence-corrected chi connectivity index (χ1v) is 12.3. The van der Waals surface area contributed by atoms with E-state index in [9.17, 15) is 43.8 Å². The van der Waals surface area contributed by atoms with Crippen molar-refractivity contribution in [2.24, 2.45) is 23.3 Å². The molecule has 39 heavy (non-hydrogen) atoms. The van der Waals surface area contributed by atoms with E-state index in [1.807, 2.05) is 0 Å². The molecule has 222 valence electrons. The van der Waals surface area contributed by atoms with Crippen molar-refractivity contribution in [1.29, 1.82) is 0 Å². The van der Waals surface area contributed by atoms with E-state index >= 15 is 0 Å². The van der Waals surface area contributed by atoms with Gasteiger partial charge in [0.2, 0.25) is 29.5 Å². The molecule has 0 bridgehead atoms. The Kier molecular flexibility index (Phi) is 14.7. The first-order valence-electron chi connectivity index (χ1n) is 12.3. The number of carbonyl (C=O) groups excluding carboxylic acids is 5. The van der Waals surface area contributed by atoms with Crippen LogP contribution in [0.5, 0.6) is 0 Å². The Balaban J connectivity index is 5.83. The van der Waals surface area contributed by atoms with Crippen LogP contribution in [0.25, 0.3) is 0 Å². The van der Waals surface area contributed by atoms with E-state index in [2.05, 4.69) is 21.3 Å². The van der Waals surface area contributed by atoms with Gasteiger partial charge >= 0.3 is 11.9 Å². The minimum Gasteiger partial charge on any atom is -0.481 e. The molecule has 0 aliphatic heterocycles. The highest BCUT2D eigenvalue weighted by molar-refractivity contribution is 5.97. The van der Waals surface area contributed by atoms with Crippen LogP contribution in [0.15, 0.2) is 0 Å². The maximum absolute atomic E-state index is 12.9. The van der Waals surface area contributed by atoms with Crippen LogP contribution < -0.4 is 32.7 Å². The molecule has 0 aromatic rings. The van der Waals surface area contributed by atoms with Gasteiger partial charge in [-0.3, -0.25) is 28.8 Å². The first-order chi connectivity index (χ1) is 17.9. The fourth-order valence-electron chi connectivity index (χ4n) is 3.21. The molecule has 0 spiro atoms. The summed E-state index contributed by atoms with van der Waals surface area (Å²) in [5.41, 5.74) is 10.9. The van der Waals surface area contributed by atoms with Gasteiger partial charge in [-0.05, 0) is 25.2 Å². The average molecular weight is 561 g/mol. The molecule has 0 radical (unpaired) electrons. The van der Waals surface area contributed by atoms with Crippen molar-refractivity contribution < 1.29 is 48.9 Å². The van der Waals surface area contributed by atoms with Gasteiger partial charge in [0.1, 0.15) is 24.2 Å². The van der Waals surface area contributed by atoms with E-state index in [4.69, 9.17) is 16.6 Å². The standard InChI is InChI=1S/C23H40N6O10/c1-9(2)16(25)21(36)26-12(6-7-15(32)33)19(34)29-18(11(5)30)22(37)27-13(8-14(24)31)20(35)28-17(10(3)4)23(38)39/h9-13,16-18,30H,6-8,25H2,1-5H3,(H2,24,31)(H,26,36)(H,27,37)(H,28,35)(H,29,34)(H,32,33)(H,38,39)/t11-,12+,13+,16+,17+,18+/m1/s1. The van der Waals surface area contributed by atoms with Gasteiger partial charge in [-0.1, -0.05) is 27.7 Å². The first kappa shape index (κ1) is 35.2. The van der Waals surface area contributed by atoms with Crippen LogP contribution in [0.4, 0.5) is 0 Å². The van der Waals surface area contributed by atoms with Gasteiger partial charge in [-0.15, -0.1) is 0 Å². The van der Waals surface area contributed by atoms with E-state index < -0.39 is 96.5 Å². The van der Waals surface area contributed by atoms with Gasteiger partial charge in [-0.2, -0.15) is 0 Å². The number of carboxylic acids is 2. The number of rotatable bonds is 17. The van der Waals surface area contributed by atoms with E-state index in [0.29, 0.717) is 0 Å². The Morgan fingerprint density at radius 3 is 1.59 bits per heavy atom. The molecule has 0 aromatic carbocycles. The molecule has 0 aromatic heterocycles. The van der Waals surface area contributed by atoms with Gasteiger partial charge < -0.3 is 48.1 Å². The monoisotopic (exact) mass is 560 g/mol. The quantitative estimate of drug-likeness (QED) is 0.0852. The van der Waals surface area contributed by atoms with E-state index in [1.54, 1.807) is 13.8 Å². The van der Waals surface area contributed by atoms with Crippen LogP contribution in [0.2, 0.25) is 0 Å². The smallest absolute Gasteiger partial charge is 0.326 e. The van der Waals surface area contributed by atoms with Crippen LogP contribution in [0.3, 0.4) is 0 Å². The number of carboxylic acid groups (broad SMARTS) is 2. The molecule has 0 aliphatic rings. The summed E-state index contributed by atoms with van der Waals surface area (Å²) in [6, 6.07) is -7.20. The number of carbonyl (C=O) groups is 7. The molecule has 0 unspecified atom stereocenters. The Morgan fingerprint density at radius 2 is 1.18 bits per heavy atom. The summed E-state index contributed by atoms with van der Waals surface area (Å²) in [5.74, 6) is -8.46. The zero-order valence-corrected chi connectivity index (χ0v) is 22.6. The van der Waals surface area contributed by atoms with E-state index in [1.165, 1.54) is 13.8 Å². The molecule has 0 rings (SSSR count). The Morgan fingerprint density at radius 1 is 0.692 bits per heavy atom. The molecule has 0 aliphatic carbocycles. The maximum atomic E-state index is 12.9. The Hall–Kier alpha value is -3.79. The number of aliphatic carboxylic acids is 2. The second-order valence-corrected chi connectivity index (χ2v) is 9.79. The molecule has 0 saturated carbocycles. The van der Waals surface area contributed by atoms with Crippen molar-refractivity contribution in [3.05, 3.63) is 0 Å². The summed E-state index contributed by atoms with van der Waals surface area (Å²) < 4.78 is 0. The maximum Gasteiger partial charge on any atom is 0.326 e. The Labute approximate surface area is 225 Å². The molecule has 11 N–H and O–H groups in total. The number of hydrogen-bond donors (Lipinski definition) is 9. The number of aliphatic hydroxyl groups is 1. The molecular formula is C23H40N6O10. The molecule has 0 heterocycles. The second-order valence-electron chi connectivity index (χ2n) is 9.79. The van der Waals surface area contributed by atoms with Crippen molar-refractivity contribution >= 4 is 41.5 Å². The Bertz CT molecular complexity index is 923. The highest BCUT2D eigenvalue weighted by Gasteiger charge is 2.35. The van der Waals surface area contributed by atoms with Crippen molar-refractivity contribution in [2.75, 3.05) is 0 Å². The van der Waals surface area contributed by atoms with Crippen LogP contribution >= 0.6 is 0 Å². The van der Waals surface area contributed by atoms with Crippen LogP contribution in [0.1, 0.15) is 53.9 Å². The van der Waals surface area contributed by atoms with Crippen LogP contribution in [-0.4, -0.2) is 93.1 Å². The minimum absolute atomic E-state index is 0.311. The highest BCUT2D eigenvalue weighted by Crippen LogP contribution is 2.07. The van der Waals surface area contributed by atoms with Gasteiger partial charge in [-0.25, -0.2) is 4.79 Å². The van der Waals surface area contributed by atoms with E-state index in [0.717, 1.165) is 6.92 Å². The lowest BCUT2D eigenvalue weighted by Gasteiger charge is -2.27. The van der Waals surface area contributed by atoms with Gasteiger partial charge in [0.25, 0.3) is 0 Å². The topological polar surface area (TPSA) is 280 Å². The predicted octanol–water partition coefficient (Wildman–Crippen LogP) is -3.23. The van der Waals surface area contributed by atoms with Crippen LogP contribution in [0, 0.1) is 11.8 Å². The third-order valence-corrected chi connectivity index (χ3v) is 5.63. The molecule has 16 heteroatoms. The second kappa shape index (κ2) is 16.2. The summed E-state index contributed by atoms with van der Waals surface area (Å²) in [6.07, 6.45) is -3.19. The molecule has 6 atom stereocenters. The highest BCUT2D eigenvalue weighted by atomic mass is 16.4. The third kappa shape index (κ3) is 12.5. The number of hydrogen-bond acceptors (Lipinski definition) is 9. The van der Waals surface area contributed by atoms with Crippen molar-refractivity contribution in [3.8, 4) is 0 Å². The third-order valence-electron chi connectivity index (χ3n) is 5.63.